The molecule has 2 heterocycles. The second-order valence-electron chi connectivity index (χ2n) is 5.93. The SMILES string of the molecule is CCCCO[C@@H]1OC2COC(c3ccccc3)O[C@@H]2[C@@H](O)C1O. The lowest BCUT2D eigenvalue weighted by molar-refractivity contribution is -0.361. The number of hydrogen-bond acceptors (Lipinski definition) is 6. The highest BCUT2D eigenvalue weighted by Crippen LogP contribution is 2.34. The van der Waals surface area contributed by atoms with E-state index in [-0.39, 0.29) is 6.61 Å². The molecule has 2 aliphatic rings. The summed E-state index contributed by atoms with van der Waals surface area (Å²) in [5.74, 6) is 0. The van der Waals surface area contributed by atoms with Crippen LogP contribution in [0.5, 0.6) is 0 Å². The number of ether oxygens (including phenoxy) is 4. The van der Waals surface area contributed by atoms with Crippen LogP contribution in [0.1, 0.15) is 31.6 Å². The van der Waals surface area contributed by atoms with Gasteiger partial charge in [-0.15, -0.1) is 0 Å². The summed E-state index contributed by atoms with van der Waals surface area (Å²) in [5.41, 5.74) is 0.869. The summed E-state index contributed by atoms with van der Waals surface area (Å²) in [4.78, 5) is 0. The highest BCUT2D eigenvalue weighted by atomic mass is 16.8. The second kappa shape index (κ2) is 7.70. The normalized spacial score (nSPS) is 37.3. The van der Waals surface area contributed by atoms with Gasteiger partial charge in [0.05, 0.1) is 6.61 Å². The molecule has 0 saturated carbocycles. The van der Waals surface area contributed by atoms with Gasteiger partial charge >= 0.3 is 0 Å². The van der Waals surface area contributed by atoms with Crippen LogP contribution in [-0.2, 0) is 18.9 Å². The van der Waals surface area contributed by atoms with Gasteiger partial charge in [-0.05, 0) is 6.42 Å². The van der Waals surface area contributed by atoms with E-state index in [1.54, 1.807) is 0 Å². The van der Waals surface area contributed by atoms with Crippen LogP contribution >= 0.6 is 0 Å². The molecule has 0 bridgehead atoms. The molecule has 6 atom stereocenters. The molecule has 0 aromatic heterocycles. The molecule has 6 heteroatoms. The predicted octanol–water partition coefficient (Wildman–Crippen LogP) is 1.36. The Kier molecular flexibility index (Phi) is 5.63. The summed E-state index contributed by atoms with van der Waals surface area (Å²) in [5, 5.41) is 20.6. The van der Waals surface area contributed by atoms with Gasteiger partial charge in [-0.3, -0.25) is 0 Å². The average molecular weight is 324 g/mol. The summed E-state index contributed by atoms with van der Waals surface area (Å²) in [6.07, 6.45) is -2.87. The van der Waals surface area contributed by atoms with Crippen molar-refractivity contribution in [2.24, 2.45) is 0 Å². The first-order chi connectivity index (χ1) is 11.2. The van der Waals surface area contributed by atoms with Crippen LogP contribution in [0.25, 0.3) is 0 Å². The maximum atomic E-state index is 10.4. The molecule has 1 aromatic carbocycles. The van der Waals surface area contributed by atoms with E-state index in [9.17, 15) is 10.2 Å². The smallest absolute Gasteiger partial charge is 0.186 e. The Balaban J connectivity index is 1.63. The molecule has 2 fully saturated rings. The van der Waals surface area contributed by atoms with Crippen molar-refractivity contribution >= 4 is 0 Å². The fourth-order valence-electron chi connectivity index (χ4n) is 2.84. The van der Waals surface area contributed by atoms with Crippen molar-refractivity contribution in [3.63, 3.8) is 0 Å². The Morgan fingerprint density at radius 3 is 2.65 bits per heavy atom. The lowest BCUT2D eigenvalue weighted by atomic mass is 9.98. The van der Waals surface area contributed by atoms with Crippen molar-refractivity contribution in [1.29, 1.82) is 0 Å². The lowest BCUT2D eigenvalue weighted by Crippen LogP contribution is -2.62. The molecular formula is C17H24O6. The number of unbranched alkanes of at least 4 members (excludes halogenated alkanes) is 1. The van der Waals surface area contributed by atoms with Crippen LogP contribution in [0.4, 0.5) is 0 Å². The van der Waals surface area contributed by atoms with Crippen LogP contribution in [0, 0.1) is 0 Å². The summed E-state index contributed by atoms with van der Waals surface area (Å²) in [7, 11) is 0. The van der Waals surface area contributed by atoms with Crippen LogP contribution in [0.3, 0.4) is 0 Å². The van der Waals surface area contributed by atoms with Crippen molar-refractivity contribution in [1.82, 2.24) is 0 Å². The van der Waals surface area contributed by atoms with Crippen molar-refractivity contribution in [2.45, 2.75) is 56.8 Å². The highest BCUT2D eigenvalue weighted by Gasteiger charge is 2.49. The number of aliphatic hydroxyl groups excluding tert-OH is 2. The van der Waals surface area contributed by atoms with Crippen molar-refractivity contribution in [3.05, 3.63) is 35.9 Å². The van der Waals surface area contributed by atoms with E-state index >= 15 is 0 Å². The Bertz CT molecular complexity index is 479. The largest absolute Gasteiger partial charge is 0.387 e. The third-order valence-corrected chi connectivity index (χ3v) is 4.19. The Hall–Kier alpha value is -1.02. The maximum Gasteiger partial charge on any atom is 0.186 e. The van der Waals surface area contributed by atoms with E-state index in [4.69, 9.17) is 18.9 Å². The fourth-order valence-corrected chi connectivity index (χ4v) is 2.84. The van der Waals surface area contributed by atoms with Gasteiger partial charge in [0.15, 0.2) is 12.6 Å². The summed E-state index contributed by atoms with van der Waals surface area (Å²) in [6, 6.07) is 9.50. The third kappa shape index (κ3) is 3.74. The second-order valence-corrected chi connectivity index (χ2v) is 5.93. The molecule has 0 amide bonds. The summed E-state index contributed by atoms with van der Waals surface area (Å²) < 4.78 is 22.8. The van der Waals surface area contributed by atoms with Gasteiger partial charge in [-0.2, -0.15) is 0 Å². The molecule has 23 heavy (non-hydrogen) atoms. The molecule has 0 aliphatic carbocycles. The Morgan fingerprint density at radius 2 is 1.91 bits per heavy atom. The van der Waals surface area contributed by atoms with Crippen LogP contribution < -0.4 is 0 Å². The van der Waals surface area contributed by atoms with E-state index in [0.29, 0.717) is 6.61 Å². The van der Waals surface area contributed by atoms with Gasteiger partial charge in [-0.1, -0.05) is 43.7 Å². The standard InChI is InChI=1S/C17H24O6/c1-2-3-9-20-17-14(19)13(18)15-12(22-17)10-21-16(23-15)11-7-5-4-6-8-11/h4-8,12-19H,2-3,9-10H2,1H3/t12?,13-,14?,15-,16?,17+/m0/s1. The first-order valence-electron chi connectivity index (χ1n) is 8.16. The minimum Gasteiger partial charge on any atom is -0.387 e. The number of rotatable bonds is 5. The Morgan fingerprint density at radius 1 is 1.13 bits per heavy atom. The van der Waals surface area contributed by atoms with Gasteiger partial charge in [0.2, 0.25) is 0 Å². The average Bonchev–Trinajstić information content (AvgIpc) is 2.60. The highest BCUT2D eigenvalue weighted by molar-refractivity contribution is 5.16. The topological polar surface area (TPSA) is 77.4 Å². The molecule has 3 unspecified atom stereocenters. The van der Waals surface area contributed by atoms with Gasteiger partial charge < -0.3 is 29.2 Å². The van der Waals surface area contributed by atoms with E-state index in [1.165, 1.54) is 0 Å². The molecule has 2 N–H and O–H groups in total. The molecule has 0 spiro atoms. The number of benzene rings is 1. The van der Waals surface area contributed by atoms with Crippen LogP contribution in [0.15, 0.2) is 30.3 Å². The van der Waals surface area contributed by atoms with Crippen molar-refractivity contribution < 1.29 is 29.2 Å². The molecular weight excluding hydrogens is 300 g/mol. The summed E-state index contributed by atoms with van der Waals surface area (Å²) in [6.45, 7) is 2.82. The zero-order valence-electron chi connectivity index (χ0n) is 13.2. The Labute approximate surface area is 135 Å². The van der Waals surface area contributed by atoms with Crippen LogP contribution in [0.2, 0.25) is 0 Å². The van der Waals surface area contributed by atoms with Gasteiger partial charge in [0, 0.05) is 12.2 Å². The third-order valence-electron chi connectivity index (χ3n) is 4.19. The van der Waals surface area contributed by atoms with Crippen molar-refractivity contribution in [3.8, 4) is 0 Å². The van der Waals surface area contributed by atoms with Gasteiger partial charge in [0.1, 0.15) is 24.4 Å². The minimum atomic E-state index is -1.14. The minimum absolute atomic E-state index is 0.279. The lowest BCUT2D eigenvalue weighted by Gasteiger charge is -2.46. The number of aliphatic hydroxyl groups is 2. The first kappa shape index (κ1) is 16.8. The van der Waals surface area contributed by atoms with E-state index < -0.39 is 37.0 Å². The zero-order chi connectivity index (χ0) is 16.2. The number of hydrogen-bond donors (Lipinski definition) is 2. The van der Waals surface area contributed by atoms with E-state index in [1.807, 2.05) is 30.3 Å². The summed E-state index contributed by atoms with van der Waals surface area (Å²) >= 11 is 0. The molecule has 0 radical (unpaired) electrons. The number of fused-ring (bicyclic) bond motifs is 1. The van der Waals surface area contributed by atoms with Crippen LogP contribution in [-0.4, -0.2) is 54.1 Å². The van der Waals surface area contributed by atoms with Crippen molar-refractivity contribution in [2.75, 3.05) is 13.2 Å². The van der Waals surface area contributed by atoms with Gasteiger partial charge in [-0.25, -0.2) is 0 Å². The van der Waals surface area contributed by atoms with E-state index in [2.05, 4.69) is 6.92 Å². The van der Waals surface area contributed by atoms with E-state index in [0.717, 1.165) is 18.4 Å². The monoisotopic (exact) mass is 324 g/mol. The maximum absolute atomic E-state index is 10.4. The molecule has 6 nitrogen and oxygen atoms in total. The molecule has 128 valence electrons. The molecule has 2 aliphatic heterocycles. The quantitative estimate of drug-likeness (QED) is 0.797. The predicted molar refractivity (Wildman–Crippen MR) is 81.5 cm³/mol. The first-order valence-corrected chi connectivity index (χ1v) is 8.16. The molecule has 3 rings (SSSR count). The molecule has 1 aromatic rings. The van der Waals surface area contributed by atoms with Gasteiger partial charge in [0.25, 0.3) is 0 Å². The zero-order valence-corrected chi connectivity index (χ0v) is 13.2. The fraction of sp³-hybridized carbons (Fsp3) is 0.647. The molecule has 2 saturated heterocycles.